The summed E-state index contributed by atoms with van der Waals surface area (Å²) in [5.41, 5.74) is 11.5. The van der Waals surface area contributed by atoms with E-state index in [9.17, 15) is 0 Å². The van der Waals surface area contributed by atoms with Crippen molar-refractivity contribution < 1.29 is 4.42 Å². The van der Waals surface area contributed by atoms with Crippen LogP contribution in [0.1, 0.15) is 0 Å². The van der Waals surface area contributed by atoms with Gasteiger partial charge in [0.05, 0.1) is 0 Å². The molecule has 0 N–H and O–H groups in total. The summed E-state index contributed by atoms with van der Waals surface area (Å²) < 4.78 is 6.64. The highest BCUT2D eigenvalue weighted by Gasteiger charge is 2.17. The van der Waals surface area contributed by atoms with E-state index in [2.05, 4.69) is 140 Å². The Kier molecular flexibility index (Phi) is 7.78. The van der Waals surface area contributed by atoms with Crippen molar-refractivity contribution in [3.05, 3.63) is 200 Å². The molecule has 2 heterocycles. The lowest BCUT2D eigenvalue weighted by molar-refractivity contribution is 0.673. The van der Waals surface area contributed by atoms with Gasteiger partial charge in [-0.2, -0.15) is 0 Å². The second-order valence-electron chi connectivity index (χ2n) is 14.4. The van der Waals surface area contributed by atoms with Gasteiger partial charge >= 0.3 is 0 Å². The molecule has 0 fully saturated rings. The highest BCUT2D eigenvalue weighted by molar-refractivity contribution is 6.20. The SMILES string of the molecule is c1ccc(-c2nc(-c3ccccc3)nc(-c3cccc(-c4cccc(-c5cc6c7cc(-c8cccc9ccccc89)ccc7oc6c6ccccc56)c4)c3)n2)cc1. The van der Waals surface area contributed by atoms with Crippen LogP contribution in [0, 0.1) is 0 Å². The van der Waals surface area contributed by atoms with E-state index in [0.717, 1.165) is 71.7 Å². The van der Waals surface area contributed by atoms with Crippen LogP contribution in [0.5, 0.6) is 0 Å². The summed E-state index contributed by atoms with van der Waals surface area (Å²) in [6.45, 7) is 0. The standard InChI is InChI=1S/C53H33N3O/c1-3-15-35(16-4-1)51-54-52(36-17-5-2-6-18-36)56-53(55-51)41-23-12-21-38(31-41)37-20-11-22-39(30-37)46-33-48-47-32-40(43-27-13-19-34-14-7-8-24-42(34)43)28-29-49(47)57-50(48)45-26-10-9-25-44(45)46/h1-33H. The van der Waals surface area contributed by atoms with Gasteiger partial charge in [-0.15, -0.1) is 0 Å². The van der Waals surface area contributed by atoms with Crippen LogP contribution in [-0.4, -0.2) is 15.0 Å². The lowest BCUT2D eigenvalue weighted by atomic mass is 9.92. The molecule has 4 heteroatoms. The minimum atomic E-state index is 0.631. The van der Waals surface area contributed by atoms with Crippen LogP contribution in [0.2, 0.25) is 0 Å². The van der Waals surface area contributed by atoms with Gasteiger partial charge in [-0.25, -0.2) is 15.0 Å². The highest BCUT2D eigenvalue weighted by Crippen LogP contribution is 2.42. The van der Waals surface area contributed by atoms with Crippen LogP contribution in [0.25, 0.3) is 111 Å². The van der Waals surface area contributed by atoms with Crippen molar-refractivity contribution in [2.24, 2.45) is 0 Å². The largest absolute Gasteiger partial charge is 0.455 e. The third-order valence-corrected chi connectivity index (χ3v) is 10.9. The molecular formula is C53H33N3O. The molecule has 11 aromatic rings. The molecule has 4 nitrogen and oxygen atoms in total. The summed E-state index contributed by atoms with van der Waals surface area (Å²) >= 11 is 0. The number of fused-ring (bicyclic) bond motifs is 6. The van der Waals surface area contributed by atoms with Gasteiger partial charge in [-0.3, -0.25) is 0 Å². The predicted molar refractivity (Wildman–Crippen MR) is 235 cm³/mol. The molecule has 0 aliphatic heterocycles. The molecule has 9 aromatic carbocycles. The Balaban J connectivity index is 1.03. The molecular weight excluding hydrogens is 695 g/mol. The van der Waals surface area contributed by atoms with Crippen LogP contribution in [0.4, 0.5) is 0 Å². The van der Waals surface area contributed by atoms with E-state index in [4.69, 9.17) is 19.4 Å². The Bertz CT molecular complexity index is 3230. The lowest BCUT2D eigenvalue weighted by Gasteiger charge is -2.12. The second kappa shape index (κ2) is 13.6. The average molecular weight is 728 g/mol. The normalized spacial score (nSPS) is 11.5. The van der Waals surface area contributed by atoms with Gasteiger partial charge in [0.15, 0.2) is 17.5 Å². The molecule has 0 aliphatic carbocycles. The van der Waals surface area contributed by atoms with Crippen molar-refractivity contribution in [3.63, 3.8) is 0 Å². The fourth-order valence-electron chi connectivity index (χ4n) is 8.12. The first-order valence-corrected chi connectivity index (χ1v) is 19.2. The third-order valence-electron chi connectivity index (χ3n) is 10.9. The zero-order valence-electron chi connectivity index (χ0n) is 30.8. The maximum atomic E-state index is 6.64. The molecule has 0 saturated carbocycles. The molecule has 0 saturated heterocycles. The molecule has 0 bridgehead atoms. The fraction of sp³-hybridized carbons (Fsp3) is 0. The minimum Gasteiger partial charge on any atom is -0.455 e. The first-order valence-electron chi connectivity index (χ1n) is 19.2. The maximum absolute atomic E-state index is 6.64. The second-order valence-corrected chi connectivity index (χ2v) is 14.4. The van der Waals surface area contributed by atoms with Crippen molar-refractivity contribution in [1.82, 2.24) is 15.0 Å². The number of hydrogen-bond acceptors (Lipinski definition) is 4. The summed E-state index contributed by atoms with van der Waals surface area (Å²) in [7, 11) is 0. The number of aromatic nitrogens is 3. The highest BCUT2D eigenvalue weighted by atomic mass is 16.3. The summed E-state index contributed by atoms with van der Waals surface area (Å²) in [6.07, 6.45) is 0. The fourth-order valence-corrected chi connectivity index (χ4v) is 8.12. The number of nitrogens with zero attached hydrogens (tertiary/aromatic N) is 3. The monoisotopic (exact) mass is 727 g/mol. The minimum absolute atomic E-state index is 0.631. The van der Waals surface area contributed by atoms with E-state index in [1.54, 1.807) is 0 Å². The number of furan rings is 1. The zero-order chi connectivity index (χ0) is 37.7. The maximum Gasteiger partial charge on any atom is 0.164 e. The number of rotatable bonds is 6. The molecule has 0 atom stereocenters. The van der Waals surface area contributed by atoms with E-state index in [1.165, 1.54) is 21.9 Å². The van der Waals surface area contributed by atoms with E-state index >= 15 is 0 Å². The van der Waals surface area contributed by atoms with Gasteiger partial charge in [0, 0.05) is 32.8 Å². The molecule has 0 radical (unpaired) electrons. The first kappa shape index (κ1) is 32.7. The molecule has 266 valence electrons. The molecule has 2 aromatic heterocycles. The van der Waals surface area contributed by atoms with Crippen molar-refractivity contribution in [2.75, 3.05) is 0 Å². The molecule has 0 spiro atoms. The third kappa shape index (κ3) is 5.83. The topological polar surface area (TPSA) is 51.8 Å². The zero-order valence-corrected chi connectivity index (χ0v) is 30.8. The van der Waals surface area contributed by atoms with Gasteiger partial charge in [-0.1, -0.05) is 170 Å². The molecule has 0 aliphatic rings. The number of benzene rings is 9. The molecule has 11 rings (SSSR count). The molecule has 0 unspecified atom stereocenters. The van der Waals surface area contributed by atoms with Crippen LogP contribution in [-0.2, 0) is 0 Å². The Morgan fingerprint density at radius 3 is 1.51 bits per heavy atom. The van der Waals surface area contributed by atoms with Gasteiger partial charge < -0.3 is 4.42 Å². The van der Waals surface area contributed by atoms with Gasteiger partial charge in [0.1, 0.15) is 11.2 Å². The summed E-state index contributed by atoms with van der Waals surface area (Å²) in [5.74, 6) is 1.92. The van der Waals surface area contributed by atoms with E-state index < -0.39 is 0 Å². The average Bonchev–Trinajstić information content (AvgIpc) is 3.67. The smallest absolute Gasteiger partial charge is 0.164 e. The van der Waals surface area contributed by atoms with Crippen molar-refractivity contribution >= 4 is 43.5 Å². The summed E-state index contributed by atoms with van der Waals surface area (Å²) in [5, 5.41) is 6.92. The Hall–Kier alpha value is -7.69. The van der Waals surface area contributed by atoms with Crippen LogP contribution in [0.3, 0.4) is 0 Å². The van der Waals surface area contributed by atoms with Gasteiger partial charge in [-0.05, 0) is 79.9 Å². The van der Waals surface area contributed by atoms with E-state index in [-0.39, 0.29) is 0 Å². The molecule has 57 heavy (non-hydrogen) atoms. The number of hydrogen-bond donors (Lipinski definition) is 0. The quantitative estimate of drug-likeness (QED) is 0.171. The van der Waals surface area contributed by atoms with Crippen LogP contribution < -0.4 is 0 Å². The van der Waals surface area contributed by atoms with E-state index in [0.29, 0.717) is 17.5 Å². The van der Waals surface area contributed by atoms with Crippen molar-refractivity contribution in [2.45, 2.75) is 0 Å². The summed E-state index contributed by atoms with van der Waals surface area (Å²) in [6, 6.07) is 70.0. The van der Waals surface area contributed by atoms with Crippen LogP contribution >= 0.6 is 0 Å². The summed E-state index contributed by atoms with van der Waals surface area (Å²) in [4.78, 5) is 14.9. The lowest BCUT2D eigenvalue weighted by Crippen LogP contribution is -2.00. The Labute approximate surface area is 329 Å². The van der Waals surface area contributed by atoms with Crippen molar-refractivity contribution in [1.29, 1.82) is 0 Å². The molecule has 0 amide bonds. The van der Waals surface area contributed by atoms with Gasteiger partial charge in [0.2, 0.25) is 0 Å². The Morgan fingerprint density at radius 1 is 0.281 bits per heavy atom. The predicted octanol–water partition coefficient (Wildman–Crippen LogP) is 14.1. The van der Waals surface area contributed by atoms with Crippen molar-refractivity contribution in [3.8, 4) is 67.5 Å². The van der Waals surface area contributed by atoms with E-state index in [1.807, 2.05) is 60.7 Å². The Morgan fingerprint density at radius 2 is 0.789 bits per heavy atom. The van der Waals surface area contributed by atoms with Gasteiger partial charge in [0.25, 0.3) is 0 Å². The first-order chi connectivity index (χ1) is 28.2. The van der Waals surface area contributed by atoms with Crippen LogP contribution in [0.15, 0.2) is 205 Å².